The zero-order valence-electron chi connectivity index (χ0n) is 11.8. The van der Waals surface area contributed by atoms with Crippen LogP contribution in [0.5, 0.6) is 0 Å². The number of piperidine rings is 1. The van der Waals surface area contributed by atoms with Crippen molar-refractivity contribution in [1.29, 1.82) is 0 Å². The summed E-state index contributed by atoms with van der Waals surface area (Å²) in [7, 11) is 0. The average molecular weight is 307 g/mol. The average Bonchev–Trinajstić information content (AvgIpc) is 2.97. The Bertz CT molecular complexity index is 582. The summed E-state index contributed by atoms with van der Waals surface area (Å²) in [5.74, 6) is 0.610. The van der Waals surface area contributed by atoms with Gasteiger partial charge in [0, 0.05) is 23.2 Å². The molecule has 1 N–H and O–H groups in total. The van der Waals surface area contributed by atoms with Gasteiger partial charge in [-0.3, -0.25) is 4.90 Å². The Morgan fingerprint density at radius 1 is 1.29 bits per heavy atom. The topological polar surface area (TPSA) is 49.5 Å². The first kappa shape index (κ1) is 14.6. The van der Waals surface area contributed by atoms with Crippen LogP contribution in [-0.4, -0.2) is 34.2 Å². The number of aliphatic hydroxyl groups excluding tert-OH is 1. The molecule has 1 fully saturated rings. The van der Waals surface area contributed by atoms with Crippen LogP contribution < -0.4 is 0 Å². The first-order valence-corrected chi connectivity index (χ1v) is 7.69. The molecular weight excluding hydrogens is 288 g/mol. The highest BCUT2D eigenvalue weighted by Crippen LogP contribution is 2.23. The van der Waals surface area contributed by atoms with Crippen molar-refractivity contribution in [2.45, 2.75) is 31.8 Å². The van der Waals surface area contributed by atoms with Crippen molar-refractivity contribution in [3.05, 3.63) is 41.2 Å². The maximum Gasteiger partial charge on any atom is 0.226 e. The first-order chi connectivity index (χ1) is 10.3. The Hall–Kier alpha value is -1.36. The minimum Gasteiger partial charge on any atom is -0.444 e. The van der Waals surface area contributed by atoms with Crippen LogP contribution in [0.2, 0.25) is 5.02 Å². The van der Waals surface area contributed by atoms with E-state index in [1.165, 1.54) is 12.8 Å². The molecule has 1 aromatic heterocycles. The lowest BCUT2D eigenvalue weighted by Gasteiger charge is -2.33. The first-order valence-electron chi connectivity index (χ1n) is 7.31. The summed E-state index contributed by atoms with van der Waals surface area (Å²) in [6.45, 7) is 1.94. The standard InChI is InChI=1S/C16H19ClN2O2/c17-13-6-4-12(5-7-13)16-18-14(11-21-16)9-19-8-2-1-3-15(19)10-20/h4-7,11,15,20H,1-3,8-10H2. The maximum atomic E-state index is 9.45. The third-order valence-corrected chi connectivity index (χ3v) is 4.22. The van der Waals surface area contributed by atoms with E-state index in [-0.39, 0.29) is 12.6 Å². The van der Waals surface area contributed by atoms with E-state index in [1.807, 2.05) is 24.3 Å². The van der Waals surface area contributed by atoms with Crippen LogP contribution in [-0.2, 0) is 6.54 Å². The number of rotatable bonds is 4. The molecule has 1 saturated heterocycles. The highest BCUT2D eigenvalue weighted by Gasteiger charge is 2.22. The lowest BCUT2D eigenvalue weighted by molar-refractivity contribution is 0.0830. The Morgan fingerprint density at radius 3 is 2.86 bits per heavy atom. The lowest BCUT2D eigenvalue weighted by Crippen LogP contribution is -2.41. The summed E-state index contributed by atoms with van der Waals surface area (Å²) in [6, 6.07) is 7.69. The second-order valence-corrected chi connectivity index (χ2v) is 5.89. The van der Waals surface area contributed by atoms with Gasteiger partial charge in [-0.15, -0.1) is 0 Å². The van der Waals surface area contributed by atoms with Crippen molar-refractivity contribution in [3.63, 3.8) is 0 Å². The number of aromatic nitrogens is 1. The molecule has 2 aromatic rings. The van der Waals surface area contributed by atoms with Crippen molar-refractivity contribution in [2.75, 3.05) is 13.2 Å². The van der Waals surface area contributed by atoms with Crippen molar-refractivity contribution in [2.24, 2.45) is 0 Å². The van der Waals surface area contributed by atoms with Gasteiger partial charge in [0.15, 0.2) is 0 Å². The summed E-state index contributed by atoms with van der Waals surface area (Å²) < 4.78 is 5.56. The lowest BCUT2D eigenvalue weighted by atomic mass is 10.0. The van der Waals surface area contributed by atoms with Gasteiger partial charge in [-0.2, -0.15) is 0 Å². The van der Waals surface area contributed by atoms with E-state index < -0.39 is 0 Å². The van der Waals surface area contributed by atoms with Crippen LogP contribution in [0.3, 0.4) is 0 Å². The van der Waals surface area contributed by atoms with E-state index in [1.54, 1.807) is 6.26 Å². The predicted octanol–water partition coefficient (Wildman–Crippen LogP) is 3.34. The minimum absolute atomic E-state index is 0.210. The molecule has 0 radical (unpaired) electrons. The van der Waals surface area contributed by atoms with Gasteiger partial charge in [0.1, 0.15) is 6.26 Å². The Balaban J connectivity index is 1.71. The highest BCUT2D eigenvalue weighted by atomic mass is 35.5. The summed E-state index contributed by atoms with van der Waals surface area (Å²) in [4.78, 5) is 6.82. The molecule has 0 bridgehead atoms. The van der Waals surface area contributed by atoms with Crippen LogP contribution in [0, 0.1) is 0 Å². The summed E-state index contributed by atoms with van der Waals surface area (Å²) in [5, 5.41) is 10.1. The molecule has 3 rings (SSSR count). The fourth-order valence-electron chi connectivity index (χ4n) is 2.79. The number of oxazole rings is 1. The van der Waals surface area contributed by atoms with E-state index in [9.17, 15) is 5.11 Å². The third-order valence-electron chi connectivity index (χ3n) is 3.97. The number of hydrogen-bond donors (Lipinski definition) is 1. The van der Waals surface area contributed by atoms with E-state index in [4.69, 9.17) is 16.0 Å². The predicted molar refractivity (Wildman–Crippen MR) is 82.1 cm³/mol. The summed E-state index contributed by atoms with van der Waals surface area (Å²) >= 11 is 5.88. The van der Waals surface area contributed by atoms with Crippen molar-refractivity contribution in [1.82, 2.24) is 9.88 Å². The van der Waals surface area contributed by atoms with Crippen LogP contribution in [0.4, 0.5) is 0 Å². The Kier molecular flexibility index (Phi) is 4.58. The number of likely N-dealkylation sites (tertiary alicyclic amines) is 1. The molecule has 112 valence electrons. The Labute approximate surface area is 129 Å². The van der Waals surface area contributed by atoms with Crippen LogP contribution >= 0.6 is 11.6 Å². The number of halogens is 1. The van der Waals surface area contributed by atoms with E-state index >= 15 is 0 Å². The minimum atomic E-state index is 0.210. The molecular formula is C16H19ClN2O2. The molecule has 5 heteroatoms. The van der Waals surface area contributed by atoms with E-state index in [0.717, 1.165) is 30.8 Å². The number of hydrogen-bond acceptors (Lipinski definition) is 4. The highest BCUT2D eigenvalue weighted by molar-refractivity contribution is 6.30. The van der Waals surface area contributed by atoms with Gasteiger partial charge >= 0.3 is 0 Å². The molecule has 1 aromatic carbocycles. The summed E-state index contributed by atoms with van der Waals surface area (Å²) in [5.41, 5.74) is 1.82. The van der Waals surface area contributed by atoms with Gasteiger partial charge in [0.2, 0.25) is 5.89 Å². The van der Waals surface area contributed by atoms with Crippen LogP contribution in [0.1, 0.15) is 25.0 Å². The third kappa shape index (κ3) is 3.46. The molecule has 1 aliphatic heterocycles. The molecule has 0 spiro atoms. The van der Waals surface area contributed by atoms with Crippen molar-refractivity contribution >= 4 is 11.6 Å². The molecule has 21 heavy (non-hydrogen) atoms. The van der Waals surface area contributed by atoms with Gasteiger partial charge in [0.05, 0.1) is 12.3 Å². The maximum absolute atomic E-state index is 9.45. The SMILES string of the molecule is OCC1CCCCN1Cc1coc(-c2ccc(Cl)cc2)n1. The molecule has 1 atom stereocenters. The van der Waals surface area contributed by atoms with Gasteiger partial charge in [-0.05, 0) is 43.7 Å². The van der Waals surface area contributed by atoms with Crippen LogP contribution in [0.25, 0.3) is 11.5 Å². The number of benzene rings is 1. The van der Waals surface area contributed by atoms with Gasteiger partial charge in [-0.1, -0.05) is 18.0 Å². The number of aliphatic hydroxyl groups is 1. The normalized spacial score (nSPS) is 19.8. The smallest absolute Gasteiger partial charge is 0.226 e. The van der Waals surface area contributed by atoms with Crippen molar-refractivity contribution < 1.29 is 9.52 Å². The fraction of sp³-hybridized carbons (Fsp3) is 0.438. The second-order valence-electron chi connectivity index (χ2n) is 5.45. The fourth-order valence-corrected chi connectivity index (χ4v) is 2.91. The van der Waals surface area contributed by atoms with E-state index in [2.05, 4.69) is 9.88 Å². The molecule has 2 heterocycles. The van der Waals surface area contributed by atoms with Crippen molar-refractivity contribution in [3.8, 4) is 11.5 Å². The zero-order valence-corrected chi connectivity index (χ0v) is 12.6. The quantitative estimate of drug-likeness (QED) is 0.941. The van der Waals surface area contributed by atoms with Crippen LogP contribution in [0.15, 0.2) is 34.9 Å². The molecule has 1 unspecified atom stereocenters. The van der Waals surface area contributed by atoms with Gasteiger partial charge in [0.25, 0.3) is 0 Å². The second kappa shape index (κ2) is 6.60. The molecule has 0 amide bonds. The van der Waals surface area contributed by atoms with E-state index in [0.29, 0.717) is 10.9 Å². The van der Waals surface area contributed by atoms with Gasteiger partial charge < -0.3 is 9.52 Å². The monoisotopic (exact) mass is 306 g/mol. The molecule has 4 nitrogen and oxygen atoms in total. The molecule has 0 aliphatic carbocycles. The Morgan fingerprint density at radius 2 is 2.10 bits per heavy atom. The number of nitrogens with zero attached hydrogens (tertiary/aromatic N) is 2. The summed E-state index contributed by atoms with van der Waals surface area (Å²) in [6.07, 6.45) is 5.13. The van der Waals surface area contributed by atoms with Gasteiger partial charge in [-0.25, -0.2) is 4.98 Å². The zero-order chi connectivity index (χ0) is 14.7. The molecule has 1 aliphatic rings. The molecule has 0 saturated carbocycles. The largest absolute Gasteiger partial charge is 0.444 e.